The summed E-state index contributed by atoms with van der Waals surface area (Å²) >= 11 is 0. The average molecular weight is 497 g/mol. The Morgan fingerprint density at radius 3 is 2.26 bits per heavy atom. The fourth-order valence-electron chi connectivity index (χ4n) is 7.05. The largest absolute Gasteiger partial charge is 0.456 e. The van der Waals surface area contributed by atoms with E-state index in [4.69, 9.17) is 4.42 Å². The third-order valence-corrected chi connectivity index (χ3v) is 8.89. The van der Waals surface area contributed by atoms with Crippen molar-refractivity contribution in [1.82, 2.24) is 0 Å². The maximum atomic E-state index is 6.25. The van der Waals surface area contributed by atoms with Crippen LogP contribution in [0.15, 0.2) is 160 Å². The number of fused-ring (bicyclic) bond motifs is 4. The minimum absolute atomic E-state index is 0.316. The van der Waals surface area contributed by atoms with E-state index in [0.717, 1.165) is 11.2 Å². The van der Waals surface area contributed by atoms with Gasteiger partial charge in [-0.15, -0.1) is 0 Å². The van der Waals surface area contributed by atoms with Gasteiger partial charge in [0.15, 0.2) is 0 Å². The summed E-state index contributed by atoms with van der Waals surface area (Å²) in [5.41, 5.74) is 12.6. The van der Waals surface area contributed by atoms with Gasteiger partial charge in [-0.3, -0.25) is 0 Å². The lowest BCUT2D eigenvalue weighted by atomic mass is 9.61. The molecule has 0 spiro atoms. The number of para-hydroxylation sites is 1. The van der Waals surface area contributed by atoms with E-state index in [0.29, 0.717) is 11.8 Å². The summed E-state index contributed by atoms with van der Waals surface area (Å²) in [5.74, 6) is 0.642. The van der Waals surface area contributed by atoms with E-state index < -0.39 is 0 Å². The normalized spacial score (nSPS) is 21.1. The number of allylic oxidation sites excluding steroid dienone is 14. The molecule has 0 radical (unpaired) electrons. The van der Waals surface area contributed by atoms with E-state index in [-0.39, 0.29) is 0 Å². The van der Waals surface area contributed by atoms with Crippen LogP contribution < -0.4 is 0 Å². The zero-order valence-electron chi connectivity index (χ0n) is 21.3. The number of rotatable bonds is 2. The van der Waals surface area contributed by atoms with Crippen LogP contribution in [0.25, 0.3) is 43.9 Å². The monoisotopic (exact) mass is 496 g/mol. The van der Waals surface area contributed by atoms with Crippen molar-refractivity contribution in [2.24, 2.45) is 11.8 Å². The first-order chi connectivity index (χ1) is 19.3. The van der Waals surface area contributed by atoms with E-state index in [1.165, 1.54) is 66.1 Å². The third kappa shape index (κ3) is 3.02. The highest BCUT2D eigenvalue weighted by atomic mass is 16.3. The molecule has 0 fully saturated rings. The van der Waals surface area contributed by atoms with E-state index in [9.17, 15) is 0 Å². The first kappa shape index (κ1) is 21.1. The maximum Gasteiger partial charge on any atom is 0.136 e. The van der Waals surface area contributed by atoms with Crippen molar-refractivity contribution < 1.29 is 4.42 Å². The van der Waals surface area contributed by atoms with Crippen LogP contribution in [0, 0.1) is 11.8 Å². The number of hydrogen-bond donors (Lipinski definition) is 0. The molecule has 182 valence electrons. The highest BCUT2D eigenvalue weighted by Crippen LogP contribution is 2.54. The molecule has 0 aliphatic heterocycles. The Balaban J connectivity index is 1.17. The van der Waals surface area contributed by atoms with E-state index in [1.807, 2.05) is 12.1 Å². The summed E-state index contributed by atoms with van der Waals surface area (Å²) in [6.07, 6.45) is 18.6. The van der Waals surface area contributed by atoms with Gasteiger partial charge in [-0.25, -0.2) is 0 Å². The second kappa shape index (κ2) is 7.82. The molecule has 5 aromatic rings. The molecule has 9 rings (SSSR count). The van der Waals surface area contributed by atoms with Crippen LogP contribution >= 0.6 is 0 Å². The smallest absolute Gasteiger partial charge is 0.136 e. The Kier molecular flexibility index (Phi) is 4.23. The van der Waals surface area contributed by atoms with Gasteiger partial charge >= 0.3 is 0 Å². The molecule has 4 aliphatic rings. The van der Waals surface area contributed by atoms with Crippen molar-refractivity contribution >= 4 is 43.9 Å². The Morgan fingerprint density at radius 1 is 0.513 bits per heavy atom. The third-order valence-electron chi connectivity index (χ3n) is 8.89. The van der Waals surface area contributed by atoms with Crippen LogP contribution in [0.1, 0.15) is 11.1 Å². The van der Waals surface area contributed by atoms with Gasteiger partial charge < -0.3 is 4.42 Å². The fraction of sp³-hybridized carbons (Fsp3) is 0.0526. The molecule has 1 heterocycles. The molecule has 1 nitrogen and oxygen atoms in total. The second-order valence-electron chi connectivity index (χ2n) is 10.9. The van der Waals surface area contributed by atoms with Gasteiger partial charge in [0.05, 0.1) is 0 Å². The van der Waals surface area contributed by atoms with E-state index in [2.05, 4.69) is 121 Å². The summed E-state index contributed by atoms with van der Waals surface area (Å²) in [5, 5.41) is 4.91. The summed E-state index contributed by atoms with van der Waals surface area (Å²) in [6.45, 7) is 0. The van der Waals surface area contributed by atoms with Crippen molar-refractivity contribution in [2.75, 3.05) is 0 Å². The van der Waals surface area contributed by atoms with Gasteiger partial charge in [0.1, 0.15) is 11.2 Å². The predicted octanol–water partition coefficient (Wildman–Crippen LogP) is 9.75. The van der Waals surface area contributed by atoms with E-state index >= 15 is 0 Å². The highest BCUT2D eigenvalue weighted by Gasteiger charge is 2.40. The van der Waals surface area contributed by atoms with Crippen molar-refractivity contribution in [1.29, 1.82) is 0 Å². The molecular formula is C38H24O. The standard InChI is InChI=1S/C38H24O/c1-2-6-26-21-27(10-9-23(26)5-1)29-16-11-24-14-20-34-30(17-12-25-13-19-33(29)37(24)38(25)34)28-15-18-32-31-7-3-4-8-35(31)39-36(32)22-28/h1-22,37-38H. The molecule has 0 saturated carbocycles. The van der Waals surface area contributed by atoms with Crippen molar-refractivity contribution in [2.45, 2.75) is 0 Å². The average Bonchev–Trinajstić information content (AvgIpc) is 3.37. The Labute approximate surface area is 226 Å². The van der Waals surface area contributed by atoms with Crippen molar-refractivity contribution in [3.05, 3.63) is 167 Å². The van der Waals surface area contributed by atoms with Crippen LogP contribution in [0.3, 0.4) is 0 Å². The number of furan rings is 1. The lowest BCUT2D eigenvalue weighted by molar-refractivity contribution is 0.569. The highest BCUT2D eigenvalue weighted by molar-refractivity contribution is 6.06. The number of hydrogen-bond acceptors (Lipinski definition) is 1. The zero-order valence-corrected chi connectivity index (χ0v) is 21.3. The molecule has 4 aliphatic carbocycles. The van der Waals surface area contributed by atoms with Gasteiger partial charge in [0.2, 0.25) is 0 Å². The van der Waals surface area contributed by atoms with Crippen LogP contribution in [-0.2, 0) is 0 Å². The van der Waals surface area contributed by atoms with Crippen molar-refractivity contribution in [3.8, 4) is 0 Å². The van der Waals surface area contributed by atoms with Gasteiger partial charge in [0.25, 0.3) is 0 Å². The molecule has 1 aromatic heterocycles. The Morgan fingerprint density at radius 2 is 1.28 bits per heavy atom. The lowest BCUT2D eigenvalue weighted by Crippen LogP contribution is -2.30. The fourth-order valence-corrected chi connectivity index (χ4v) is 7.05. The topological polar surface area (TPSA) is 13.1 Å². The zero-order chi connectivity index (χ0) is 25.5. The minimum Gasteiger partial charge on any atom is -0.456 e. The molecule has 1 heteroatoms. The minimum atomic E-state index is 0.316. The Bertz CT molecular complexity index is 2110. The molecule has 4 aromatic carbocycles. The quantitative estimate of drug-likeness (QED) is 0.237. The van der Waals surface area contributed by atoms with Gasteiger partial charge in [-0.2, -0.15) is 0 Å². The molecule has 39 heavy (non-hydrogen) atoms. The SMILES string of the molecule is C1=CC2=C(c3ccc4ccccc4c3)C=CC3=CC=C4C(c5ccc6c(c5)oc5ccccc56)=CC=C1C4C32. The summed E-state index contributed by atoms with van der Waals surface area (Å²) < 4.78 is 6.25. The molecule has 0 bridgehead atoms. The second-order valence-corrected chi connectivity index (χ2v) is 10.9. The van der Waals surface area contributed by atoms with Gasteiger partial charge in [-0.05, 0) is 79.6 Å². The van der Waals surface area contributed by atoms with Crippen LogP contribution in [0.4, 0.5) is 0 Å². The molecule has 0 N–H and O–H groups in total. The summed E-state index contributed by atoms with van der Waals surface area (Å²) in [7, 11) is 0. The first-order valence-corrected chi connectivity index (χ1v) is 13.7. The van der Waals surface area contributed by atoms with Gasteiger partial charge in [-0.1, -0.05) is 109 Å². The maximum absolute atomic E-state index is 6.25. The predicted molar refractivity (Wildman–Crippen MR) is 162 cm³/mol. The van der Waals surface area contributed by atoms with Crippen LogP contribution in [0.2, 0.25) is 0 Å². The number of benzene rings is 4. The van der Waals surface area contributed by atoms with Gasteiger partial charge in [0, 0.05) is 22.6 Å². The van der Waals surface area contributed by atoms with Crippen LogP contribution in [0.5, 0.6) is 0 Å². The molecule has 0 saturated heterocycles. The molecule has 2 unspecified atom stereocenters. The molecular weight excluding hydrogens is 472 g/mol. The lowest BCUT2D eigenvalue weighted by Gasteiger charge is -2.42. The first-order valence-electron chi connectivity index (χ1n) is 13.7. The molecule has 0 amide bonds. The van der Waals surface area contributed by atoms with Crippen LogP contribution in [-0.4, -0.2) is 0 Å². The van der Waals surface area contributed by atoms with E-state index in [1.54, 1.807) is 0 Å². The molecule has 2 atom stereocenters. The van der Waals surface area contributed by atoms with Crippen molar-refractivity contribution in [3.63, 3.8) is 0 Å². The Hall–Kier alpha value is -4.88. The summed E-state index contributed by atoms with van der Waals surface area (Å²) in [4.78, 5) is 0. The summed E-state index contributed by atoms with van der Waals surface area (Å²) in [6, 6.07) is 30.5.